The molecule has 208 valence electrons. The molecule has 1 unspecified atom stereocenters. The lowest BCUT2D eigenvalue weighted by Crippen LogP contribution is -2.36. The molecule has 3 aromatic heterocycles. The summed E-state index contributed by atoms with van der Waals surface area (Å²) in [4.78, 5) is 38.0. The van der Waals surface area contributed by atoms with Crippen LogP contribution in [0.25, 0.3) is 17.1 Å². The molecule has 0 bridgehead atoms. The van der Waals surface area contributed by atoms with E-state index in [-0.39, 0.29) is 35.5 Å². The molecule has 4 heterocycles. The van der Waals surface area contributed by atoms with E-state index in [0.717, 1.165) is 11.1 Å². The first-order valence-corrected chi connectivity index (χ1v) is 13.7. The van der Waals surface area contributed by atoms with Gasteiger partial charge in [-0.25, -0.2) is 4.39 Å². The maximum absolute atomic E-state index is 14.5. The number of aromatic nitrogens is 5. The molecule has 1 amide bonds. The number of hydrogen-bond donors (Lipinski definition) is 1. The predicted octanol–water partition coefficient (Wildman–Crippen LogP) is 4.76. The summed E-state index contributed by atoms with van der Waals surface area (Å²) >= 11 is 5.85. The van der Waals surface area contributed by atoms with Gasteiger partial charge in [-0.1, -0.05) is 43.6 Å². The van der Waals surface area contributed by atoms with Gasteiger partial charge >= 0.3 is 0 Å². The second-order valence-electron chi connectivity index (χ2n) is 9.75. The first kappa shape index (κ1) is 27.5. The van der Waals surface area contributed by atoms with Gasteiger partial charge in [0.2, 0.25) is 5.88 Å². The van der Waals surface area contributed by atoms with Crippen molar-refractivity contribution in [2.24, 2.45) is 0 Å². The zero-order valence-electron chi connectivity index (χ0n) is 22.6. The van der Waals surface area contributed by atoms with Crippen LogP contribution < -0.4 is 5.56 Å². The zero-order chi connectivity index (χ0) is 28.6. The summed E-state index contributed by atoms with van der Waals surface area (Å²) in [5.74, 6) is -2.04. The molecular weight excluding hydrogens is 535 g/mol. The number of rotatable bonds is 7. The highest BCUT2D eigenvalue weighted by molar-refractivity contribution is 6.30. The van der Waals surface area contributed by atoms with Crippen LogP contribution >= 0.6 is 11.6 Å². The van der Waals surface area contributed by atoms with Crippen LogP contribution in [0.5, 0.6) is 5.88 Å². The first-order chi connectivity index (χ1) is 19.3. The SMILES string of the molecule is CCc1cccc(CC)c1-n1c(-c2cnn(CC)c2)nc(O)c(C(=O)N2CCC(c3ncc(Cl)cc3F)C2)c1=O. The minimum atomic E-state index is -0.674. The Hall–Kier alpha value is -4.05. The molecule has 40 heavy (non-hydrogen) atoms. The predicted molar refractivity (Wildman–Crippen MR) is 150 cm³/mol. The van der Waals surface area contributed by atoms with Gasteiger partial charge in [0.25, 0.3) is 11.5 Å². The van der Waals surface area contributed by atoms with Gasteiger partial charge in [0.1, 0.15) is 5.82 Å². The molecule has 1 atom stereocenters. The van der Waals surface area contributed by atoms with E-state index in [1.807, 2.05) is 39.0 Å². The van der Waals surface area contributed by atoms with Crippen molar-refractivity contribution in [3.05, 3.63) is 86.4 Å². The molecule has 1 saturated heterocycles. The van der Waals surface area contributed by atoms with Gasteiger partial charge in [0.05, 0.1) is 28.2 Å². The second-order valence-corrected chi connectivity index (χ2v) is 10.2. The number of aromatic hydroxyl groups is 1. The minimum absolute atomic E-state index is 0.139. The molecule has 5 rings (SSSR count). The van der Waals surface area contributed by atoms with Gasteiger partial charge in [-0.3, -0.25) is 23.8 Å². The average Bonchev–Trinajstić information content (AvgIpc) is 3.63. The van der Waals surface area contributed by atoms with Gasteiger partial charge in [0, 0.05) is 37.9 Å². The van der Waals surface area contributed by atoms with Crippen LogP contribution in [0.1, 0.15) is 60.3 Å². The maximum Gasteiger partial charge on any atom is 0.275 e. The van der Waals surface area contributed by atoms with Crippen molar-refractivity contribution in [3.8, 4) is 23.0 Å². The molecule has 4 aromatic rings. The van der Waals surface area contributed by atoms with Gasteiger partial charge in [0.15, 0.2) is 11.4 Å². The minimum Gasteiger partial charge on any atom is -0.493 e. The normalized spacial score (nSPS) is 15.1. The third-order valence-corrected chi connectivity index (χ3v) is 7.59. The Morgan fingerprint density at radius 2 is 1.90 bits per heavy atom. The van der Waals surface area contributed by atoms with E-state index >= 15 is 0 Å². The van der Waals surface area contributed by atoms with Crippen molar-refractivity contribution in [3.63, 3.8) is 0 Å². The molecule has 1 aliphatic rings. The van der Waals surface area contributed by atoms with E-state index in [9.17, 15) is 19.1 Å². The van der Waals surface area contributed by atoms with Crippen molar-refractivity contribution < 1.29 is 14.3 Å². The number of aryl methyl sites for hydroxylation is 3. The number of amides is 1. The zero-order valence-corrected chi connectivity index (χ0v) is 23.3. The Morgan fingerprint density at radius 1 is 1.18 bits per heavy atom. The Kier molecular flexibility index (Phi) is 7.71. The fourth-order valence-corrected chi connectivity index (χ4v) is 5.45. The monoisotopic (exact) mass is 564 g/mol. The molecule has 1 aliphatic heterocycles. The van der Waals surface area contributed by atoms with Crippen LogP contribution in [-0.4, -0.2) is 53.3 Å². The Bertz CT molecular complexity index is 1630. The number of nitrogens with zero attached hydrogens (tertiary/aromatic N) is 6. The summed E-state index contributed by atoms with van der Waals surface area (Å²) in [6, 6.07) is 7.01. The van der Waals surface area contributed by atoms with Gasteiger partial charge in [-0.05, 0) is 43.4 Å². The topological polar surface area (TPSA) is 106 Å². The molecule has 1 aromatic carbocycles. The lowest BCUT2D eigenvalue weighted by atomic mass is 10.0. The summed E-state index contributed by atoms with van der Waals surface area (Å²) in [5.41, 5.74) is 2.10. The number of likely N-dealkylation sites (tertiary alicyclic amines) is 1. The quantitative estimate of drug-likeness (QED) is 0.347. The molecule has 0 spiro atoms. The van der Waals surface area contributed by atoms with E-state index in [1.54, 1.807) is 17.1 Å². The van der Waals surface area contributed by atoms with Crippen LogP contribution in [-0.2, 0) is 19.4 Å². The fraction of sp³-hybridized carbons (Fsp3) is 0.345. The summed E-state index contributed by atoms with van der Waals surface area (Å²) in [6.45, 7) is 6.94. The van der Waals surface area contributed by atoms with Crippen LogP contribution in [0.3, 0.4) is 0 Å². The van der Waals surface area contributed by atoms with Crippen molar-refractivity contribution in [2.75, 3.05) is 13.1 Å². The average molecular weight is 565 g/mol. The fourth-order valence-electron chi connectivity index (χ4n) is 5.30. The van der Waals surface area contributed by atoms with Crippen molar-refractivity contribution in [1.29, 1.82) is 0 Å². The largest absolute Gasteiger partial charge is 0.493 e. The van der Waals surface area contributed by atoms with Crippen LogP contribution in [0.4, 0.5) is 4.39 Å². The van der Waals surface area contributed by atoms with E-state index < -0.39 is 28.7 Å². The summed E-state index contributed by atoms with van der Waals surface area (Å²) in [5, 5.41) is 15.5. The lowest BCUT2D eigenvalue weighted by Gasteiger charge is -2.21. The highest BCUT2D eigenvalue weighted by Gasteiger charge is 2.35. The van der Waals surface area contributed by atoms with Crippen LogP contribution in [0, 0.1) is 5.82 Å². The van der Waals surface area contributed by atoms with Crippen molar-refractivity contribution >= 4 is 17.5 Å². The number of halogens is 2. The number of pyridine rings is 1. The standard InChI is InChI=1S/C29H30ClFN6O3/c1-4-17-8-7-9-18(5-2)25(17)37-26(20-13-33-36(6-3)16-20)34-27(38)23(29(37)40)28(39)35-11-10-19(15-35)24-22(31)12-21(30)14-32-24/h7-9,12-14,16,19,38H,4-6,10-11,15H2,1-3H3. The lowest BCUT2D eigenvalue weighted by molar-refractivity contribution is 0.0784. The summed E-state index contributed by atoms with van der Waals surface area (Å²) in [7, 11) is 0. The third kappa shape index (κ3) is 4.88. The Balaban J connectivity index is 1.64. The second kappa shape index (κ2) is 11.2. The van der Waals surface area contributed by atoms with E-state index in [1.165, 1.54) is 21.7 Å². The molecule has 0 radical (unpaired) electrons. The van der Waals surface area contributed by atoms with Crippen LogP contribution in [0.2, 0.25) is 5.02 Å². The smallest absolute Gasteiger partial charge is 0.275 e. The molecule has 0 saturated carbocycles. The Labute approximate surface area is 235 Å². The van der Waals surface area contributed by atoms with E-state index in [2.05, 4.69) is 15.1 Å². The number of carbonyl (C=O) groups is 1. The molecule has 1 N–H and O–H groups in total. The molecular formula is C29H30ClFN6O3. The summed E-state index contributed by atoms with van der Waals surface area (Å²) < 4.78 is 17.7. The number of para-hydroxylation sites is 1. The number of benzene rings is 1. The van der Waals surface area contributed by atoms with Crippen molar-refractivity contribution in [2.45, 2.75) is 52.5 Å². The van der Waals surface area contributed by atoms with Gasteiger partial charge < -0.3 is 10.0 Å². The molecule has 9 nitrogen and oxygen atoms in total. The van der Waals surface area contributed by atoms with E-state index in [4.69, 9.17) is 11.6 Å². The van der Waals surface area contributed by atoms with Gasteiger partial charge in [-0.15, -0.1) is 0 Å². The number of carbonyl (C=O) groups excluding carboxylic acids is 1. The molecule has 0 aliphatic carbocycles. The molecule has 11 heteroatoms. The van der Waals surface area contributed by atoms with Gasteiger partial charge in [-0.2, -0.15) is 10.1 Å². The Morgan fingerprint density at radius 3 is 2.52 bits per heavy atom. The van der Waals surface area contributed by atoms with E-state index in [0.29, 0.717) is 37.1 Å². The van der Waals surface area contributed by atoms with Crippen LogP contribution in [0.15, 0.2) is 47.7 Å². The van der Waals surface area contributed by atoms with Crippen molar-refractivity contribution in [1.82, 2.24) is 29.2 Å². The highest BCUT2D eigenvalue weighted by Crippen LogP contribution is 2.32. The maximum atomic E-state index is 14.5. The third-order valence-electron chi connectivity index (χ3n) is 7.38. The first-order valence-electron chi connectivity index (χ1n) is 13.4. The highest BCUT2D eigenvalue weighted by atomic mass is 35.5. The molecule has 1 fully saturated rings. The number of hydrogen-bond acceptors (Lipinski definition) is 6. The summed E-state index contributed by atoms with van der Waals surface area (Å²) in [6.07, 6.45) is 6.43.